The van der Waals surface area contributed by atoms with Crippen LogP contribution in [0.15, 0.2) is 24.7 Å². The second-order valence-electron chi connectivity index (χ2n) is 5.38. The summed E-state index contributed by atoms with van der Waals surface area (Å²) in [5, 5.41) is 4.28. The van der Waals surface area contributed by atoms with Crippen molar-refractivity contribution in [2.24, 2.45) is 11.8 Å². The van der Waals surface area contributed by atoms with Crippen molar-refractivity contribution in [3.05, 3.63) is 41.7 Å². The van der Waals surface area contributed by atoms with Gasteiger partial charge in [-0.15, -0.1) is 0 Å². The SMILES string of the molecule is Cc1cccnc1C(Cc1ncnn1CC(C)C)NN. The molecule has 1 unspecified atom stereocenters. The van der Waals surface area contributed by atoms with Gasteiger partial charge in [0.15, 0.2) is 0 Å². The van der Waals surface area contributed by atoms with Crippen molar-refractivity contribution in [3.8, 4) is 0 Å². The third kappa shape index (κ3) is 3.40. The van der Waals surface area contributed by atoms with Crippen molar-refractivity contribution >= 4 is 0 Å². The largest absolute Gasteiger partial charge is 0.271 e. The molecule has 0 bridgehead atoms. The second-order valence-corrected chi connectivity index (χ2v) is 5.38. The number of nitrogens with two attached hydrogens (primary N) is 1. The molecule has 0 saturated heterocycles. The molecule has 6 heteroatoms. The predicted molar refractivity (Wildman–Crippen MR) is 77.6 cm³/mol. The number of aryl methyl sites for hydroxylation is 1. The van der Waals surface area contributed by atoms with E-state index in [4.69, 9.17) is 5.84 Å². The number of hydrogen-bond acceptors (Lipinski definition) is 5. The number of nitrogens with one attached hydrogen (secondary N) is 1. The Morgan fingerprint density at radius 2 is 2.15 bits per heavy atom. The fourth-order valence-electron chi connectivity index (χ4n) is 2.22. The first-order valence-electron chi connectivity index (χ1n) is 6.86. The van der Waals surface area contributed by atoms with Gasteiger partial charge in [-0.05, 0) is 24.5 Å². The Kier molecular flexibility index (Phi) is 4.81. The molecule has 0 fully saturated rings. The van der Waals surface area contributed by atoms with E-state index in [1.807, 2.05) is 23.7 Å². The molecule has 108 valence electrons. The molecule has 2 rings (SSSR count). The highest BCUT2D eigenvalue weighted by Crippen LogP contribution is 2.18. The fraction of sp³-hybridized carbons (Fsp3) is 0.500. The van der Waals surface area contributed by atoms with E-state index in [0.29, 0.717) is 12.3 Å². The molecule has 20 heavy (non-hydrogen) atoms. The first-order valence-corrected chi connectivity index (χ1v) is 6.86. The molecule has 2 aromatic heterocycles. The molecular weight excluding hydrogens is 252 g/mol. The number of rotatable bonds is 6. The lowest BCUT2D eigenvalue weighted by molar-refractivity contribution is 0.443. The molecule has 6 nitrogen and oxygen atoms in total. The summed E-state index contributed by atoms with van der Waals surface area (Å²) in [6.45, 7) is 7.21. The Balaban J connectivity index is 2.19. The smallest absolute Gasteiger partial charge is 0.138 e. The van der Waals surface area contributed by atoms with Gasteiger partial charge in [-0.1, -0.05) is 19.9 Å². The Morgan fingerprint density at radius 1 is 1.35 bits per heavy atom. The van der Waals surface area contributed by atoms with Gasteiger partial charge in [0, 0.05) is 19.2 Å². The fourth-order valence-corrected chi connectivity index (χ4v) is 2.22. The van der Waals surface area contributed by atoms with Gasteiger partial charge in [0.25, 0.3) is 0 Å². The minimum Gasteiger partial charge on any atom is -0.271 e. The van der Waals surface area contributed by atoms with E-state index >= 15 is 0 Å². The molecule has 2 heterocycles. The quantitative estimate of drug-likeness (QED) is 0.614. The maximum absolute atomic E-state index is 5.69. The predicted octanol–water partition coefficient (Wildman–Crippen LogP) is 1.38. The summed E-state index contributed by atoms with van der Waals surface area (Å²) in [6.07, 6.45) is 4.04. The van der Waals surface area contributed by atoms with E-state index in [2.05, 4.69) is 34.3 Å². The number of pyridine rings is 1. The van der Waals surface area contributed by atoms with Gasteiger partial charge < -0.3 is 0 Å². The van der Waals surface area contributed by atoms with Crippen molar-refractivity contribution in [1.29, 1.82) is 0 Å². The van der Waals surface area contributed by atoms with Crippen LogP contribution in [-0.4, -0.2) is 19.7 Å². The maximum atomic E-state index is 5.69. The zero-order valence-corrected chi connectivity index (χ0v) is 12.2. The normalized spacial score (nSPS) is 12.8. The van der Waals surface area contributed by atoms with Gasteiger partial charge in [0.2, 0.25) is 0 Å². The van der Waals surface area contributed by atoms with E-state index in [0.717, 1.165) is 23.6 Å². The maximum Gasteiger partial charge on any atom is 0.138 e. The van der Waals surface area contributed by atoms with Crippen LogP contribution in [0, 0.1) is 12.8 Å². The number of hydrazine groups is 1. The summed E-state index contributed by atoms with van der Waals surface area (Å²) in [5.74, 6) is 7.14. The summed E-state index contributed by atoms with van der Waals surface area (Å²) >= 11 is 0. The van der Waals surface area contributed by atoms with Crippen LogP contribution in [0.25, 0.3) is 0 Å². The summed E-state index contributed by atoms with van der Waals surface area (Å²) < 4.78 is 1.94. The minimum atomic E-state index is -0.0636. The summed E-state index contributed by atoms with van der Waals surface area (Å²) in [4.78, 5) is 8.76. The number of nitrogens with zero attached hydrogens (tertiary/aromatic N) is 4. The molecule has 0 aromatic carbocycles. The molecule has 2 aromatic rings. The molecule has 0 amide bonds. The van der Waals surface area contributed by atoms with E-state index in [1.54, 1.807) is 12.5 Å². The van der Waals surface area contributed by atoms with Gasteiger partial charge in [0.1, 0.15) is 12.2 Å². The van der Waals surface area contributed by atoms with Crippen LogP contribution in [-0.2, 0) is 13.0 Å². The molecule has 0 saturated carbocycles. The van der Waals surface area contributed by atoms with Gasteiger partial charge in [-0.3, -0.25) is 16.3 Å². The van der Waals surface area contributed by atoms with E-state index in [9.17, 15) is 0 Å². The lowest BCUT2D eigenvalue weighted by atomic mass is 10.1. The molecule has 0 spiro atoms. The zero-order valence-electron chi connectivity index (χ0n) is 12.2. The van der Waals surface area contributed by atoms with Crippen LogP contribution in [0.4, 0.5) is 0 Å². The highest BCUT2D eigenvalue weighted by atomic mass is 15.3. The monoisotopic (exact) mass is 274 g/mol. The lowest BCUT2D eigenvalue weighted by Crippen LogP contribution is -2.31. The molecule has 0 radical (unpaired) electrons. The van der Waals surface area contributed by atoms with E-state index < -0.39 is 0 Å². The van der Waals surface area contributed by atoms with Crippen LogP contribution < -0.4 is 11.3 Å². The third-order valence-corrected chi connectivity index (χ3v) is 3.20. The average Bonchev–Trinajstić information content (AvgIpc) is 2.83. The van der Waals surface area contributed by atoms with E-state index in [1.165, 1.54) is 0 Å². The second kappa shape index (κ2) is 6.58. The van der Waals surface area contributed by atoms with Gasteiger partial charge in [0.05, 0.1) is 11.7 Å². The Morgan fingerprint density at radius 3 is 2.80 bits per heavy atom. The van der Waals surface area contributed by atoms with Crippen molar-refractivity contribution in [3.63, 3.8) is 0 Å². The van der Waals surface area contributed by atoms with Crippen molar-refractivity contribution in [1.82, 2.24) is 25.2 Å². The lowest BCUT2D eigenvalue weighted by Gasteiger charge is -2.17. The van der Waals surface area contributed by atoms with Gasteiger partial charge in [-0.25, -0.2) is 9.67 Å². The first-order chi connectivity index (χ1) is 9.61. The molecule has 3 N–H and O–H groups in total. The highest BCUT2D eigenvalue weighted by molar-refractivity contribution is 5.21. The summed E-state index contributed by atoms with van der Waals surface area (Å²) in [7, 11) is 0. The third-order valence-electron chi connectivity index (χ3n) is 3.20. The molecule has 0 aliphatic rings. The van der Waals surface area contributed by atoms with Crippen molar-refractivity contribution in [2.75, 3.05) is 0 Å². The molecule has 0 aliphatic carbocycles. The van der Waals surface area contributed by atoms with Crippen LogP contribution in [0.3, 0.4) is 0 Å². The average molecular weight is 274 g/mol. The van der Waals surface area contributed by atoms with Crippen LogP contribution in [0.5, 0.6) is 0 Å². The minimum absolute atomic E-state index is 0.0636. The topological polar surface area (TPSA) is 81.7 Å². The molecule has 0 aliphatic heterocycles. The molecular formula is C14H22N6. The summed E-state index contributed by atoms with van der Waals surface area (Å²) in [5.41, 5.74) is 4.90. The Labute approximate surface area is 119 Å². The van der Waals surface area contributed by atoms with Crippen molar-refractivity contribution < 1.29 is 0 Å². The van der Waals surface area contributed by atoms with Gasteiger partial charge in [-0.2, -0.15) is 5.10 Å². The van der Waals surface area contributed by atoms with Crippen LogP contribution in [0.1, 0.15) is 37.0 Å². The highest BCUT2D eigenvalue weighted by Gasteiger charge is 2.17. The van der Waals surface area contributed by atoms with E-state index in [-0.39, 0.29) is 6.04 Å². The Bertz CT molecular complexity index is 548. The van der Waals surface area contributed by atoms with Crippen LogP contribution >= 0.6 is 0 Å². The molecule has 1 atom stereocenters. The van der Waals surface area contributed by atoms with Crippen LogP contribution in [0.2, 0.25) is 0 Å². The van der Waals surface area contributed by atoms with Crippen molar-refractivity contribution in [2.45, 2.75) is 39.8 Å². The first kappa shape index (κ1) is 14.6. The summed E-state index contributed by atoms with van der Waals surface area (Å²) in [6, 6.07) is 3.89. The zero-order chi connectivity index (χ0) is 14.5. The van der Waals surface area contributed by atoms with Gasteiger partial charge >= 0.3 is 0 Å². The standard InChI is InChI=1S/C14H22N6/c1-10(2)8-20-13(17-9-18-20)7-12(19-15)14-11(3)5-4-6-16-14/h4-6,9-10,12,19H,7-8,15H2,1-3H3. The Hall–Kier alpha value is -1.79. The number of hydrogen-bond donors (Lipinski definition) is 2. The number of aromatic nitrogens is 4.